The molecule has 0 saturated carbocycles. The Kier molecular flexibility index (Phi) is 3.03. The average molecular weight is 230 g/mol. The molecule has 2 aliphatic heterocycles. The van der Waals surface area contributed by atoms with Crippen molar-refractivity contribution >= 4 is 0 Å². The van der Waals surface area contributed by atoms with Crippen LogP contribution in [0.4, 0.5) is 0 Å². The summed E-state index contributed by atoms with van der Waals surface area (Å²) in [5.41, 5.74) is 0. The van der Waals surface area contributed by atoms with Gasteiger partial charge in [0.1, 0.15) is 0 Å². The second-order valence-corrected chi connectivity index (χ2v) is 5.57. The van der Waals surface area contributed by atoms with Gasteiger partial charge in [0.15, 0.2) is 11.6 Å². The Hall–Kier alpha value is -0.160. The molecular weight excluding hydrogens is 208 g/mol. The van der Waals surface area contributed by atoms with E-state index in [9.17, 15) is 0 Å². The standard InChI is InChI=1S/C12H22O4/c1-8-10(16-12(4,5)14-8)6-9-7-13-11(2,3)15-9/h8-10H,6-7H2,1-5H3/t8-,9-,10-/m1/s1. The molecule has 0 spiro atoms. The highest BCUT2D eigenvalue weighted by molar-refractivity contribution is 4.83. The molecule has 0 aliphatic carbocycles. The molecule has 94 valence electrons. The highest BCUT2D eigenvalue weighted by Gasteiger charge is 2.42. The van der Waals surface area contributed by atoms with Crippen molar-refractivity contribution in [3.8, 4) is 0 Å². The van der Waals surface area contributed by atoms with Crippen LogP contribution in [0.3, 0.4) is 0 Å². The fraction of sp³-hybridized carbons (Fsp3) is 1.00. The lowest BCUT2D eigenvalue weighted by atomic mass is 10.1. The summed E-state index contributed by atoms with van der Waals surface area (Å²) in [7, 11) is 0. The summed E-state index contributed by atoms with van der Waals surface area (Å²) in [6, 6.07) is 0. The van der Waals surface area contributed by atoms with Crippen molar-refractivity contribution in [2.24, 2.45) is 0 Å². The summed E-state index contributed by atoms with van der Waals surface area (Å²) in [5, 5.41) is 0. The third-order valence-electron chi connectivity index (χ3n) is 2.99. The summed E-state index contributed by atoms with van der Waals surface area (Å²) >= 11 is 0. The van der Waals surface area contributed by atoms with E-state index < -0.39 is 11.6 Å². The smallest absolute Gasteiger partial charge is 0.163 e. The van der Waals surface area contributed by atoms with Crippen LogP contribution < -0.4 is 0 Å². The van der Waals surface area contributed by atoms with Crippen molar-refractivity contribution < 1.29 is 18.9 Å². The zero-order chi connectivity index (χ0) is 12.0. The lowest BCUT2D eigenvalue weighted by Crippen LogP contribution is -2.28. The lowest BCUT2D eigenvalue weighted by Gasteiger charge is -2.20. The van der Waals surface area contributed by atoms with Gasteiger partial charge in [-0.25, -0.2) is 0 Å². The quantitative estimate of drug-likeness (QED) is 0.727. The van der Waals surface area contributed by atoms with Crippen LogP contribution in [0.25, 0.3) is 0 Å². The first-order valence-corrected chi connectivity index (χ1v) is 5.95. The molecule has 2 rings (SSSR count). The van der Waals surface area contributed by atoms with Crippen LogP contribution in [0.1, 0.15) is 41.0 Å². The number of hydrogen-bond donors (Lipinski definition) is 0. The normalized spacial score (nSPS) is 41.4. The largest absolute Gasteiger partial charge is 0.348 e. The van der Waals surface area contributed by atoms with Gasteiger partial charge in [0, 0.05) is 6.42 Å². The van der Waals surface area contributed by atoms with E-state index >= 15 is 0 Å². The van der Waals surface area contributed by atoms with Crippen molar-refractivity contribution in [3.63, 3.8) is 0 Å². The Balaban J connectivity index is 1.87. The van der Waals surface area contributed by atoms with Crippen LogP contribution in [0.2, 0.25) is 0 Å². The molecule has 0 aromatic heterocycles. The number of ether oxygens (including phenoxy) is 4. The van der Waals surface area contributed by atoms with E-state index in [4.69, 9.17) is 18.9 Å². The second kappa shape index (κ2) is 3.95. The topological polar surface area (TPSA) is 36.9 Å². The predicted octanol–water partition coefficient (Wildman–Crippen LogP) is 2.07. The first-order chi connectivity index (χ1) is 7.27. The zero-order valence-electron chi connectivity index (χ0n) is 10.8. The zero-order valence-corrected chi connectivity index (χ0v) is 10.8. The van der Waals surface area contributed by atoms with Crippen LogP contribution in [0.5, 0.6) is 0 Å². The van der Waals surface area contributed by atoms with Crippen LogP contribution in [0.15, 0.2) is 0 Å². The molecule has 2 heterocycles. The second-order valence-electron chi connectivity index (χ2n) is 5.57. The molecular formula is C12H22O4. The molecule has 0 aromatic carbocycles. The highest BCUT2D eigenvalue weighted by atomic mass is 16.8. The fourth-order valence-corrected chi connectivity index (χ4v) is 2.39. The molecule has 0 bridgehead atoms. The molecule has 2 fully saturated rings. The van der Waals surface area contributed by atoms with Gasteiger partial charge >= 0.3 is 0 Å². The summed E-state index contributed by atoms with van der Waals surface area (Å²) in [5.74, 6) is -0.929. The Bertz CT molecular complexity index is 262. The van der Waals surface area contributed by atoms with Crippen LogP contribution in [-0.4, -0.2) is 36.5 Å². The van der Waals surface area contributed by atoms with E-state index in [1.807, 2.05) is 34.6 Å². The van der Waals surface area contributed by atoms with Gasteiger partial charge in [-0.3, -0.25) is 0 Å². The van der Waals surface area contributed by atoms with Gasteiger partial charge in [0.2, 0.25) is 0 Å². The maximum Gasteiger partial charge on any atom is 0.163 e. The first kappa shape index (κ1) is 12.3. The molecule has 16 heavy (non-hydrogen) atoms. The maximum atomic E-state index is 5.83. The molecule has 3 atom stereocenters. The van der Waals surface area contributed by atoms with E-state index in [1.165, 1.54) is 0 Å². The SMILES string of the molecule is C[C@H]1OC(C)(C)O[C@@H]1C[C@@H]1COC(C)(C)O1. The maximum absolute atomic E-state index is 5.83. The van der Waals surface area contributed by atoms with Gasteiger partial charge in [-0.15, -0.1) is 0 Å². The van der Waals surface area contributed by atoms with Crippen molar-refractivity contribution in [1.82, 2.24) is 0 Å². The van der Waals surface area contributed by atoms with E-state index in [-0.39, 0.29) is 18.3 Å². The van der Waals surface area contributed by atoms with Crippen molar-refractivity contribution in [2.45, 2.75) is 70.9 Å². The summed E-state index contributed by atoms with van der Waals surface area (Å²) in [6.07, 6.45) is 1.15. The van der Waals surface area contributed by atoms with E-state index in [0.717, 1.165) is 6.42 Å². The fourth-order valence-electron chi connectivity index (χ4n) is 2.39. The van der Waals surface area contributed by atoms with Gasteiger partial charge < -0.3 is 18.9 Å². The molecule has 0 unspecified atom stereocenters. The number of hydrogen-bond acceptors (Lipinski definition) is 4. The van der Waals surface area contributed by atoms with Crippen molar-refractivity contribution in [3.05, 3.63) is 0 Å². The van der Waals surface area contributed by atoms with Gasteiger partial charge in [-0.1, -0.05) is 0 Å². The molecule has 2 aliphatic rings. The minimum atomic E-state index is -0.473. The van der Waals surface area contributed by atoms with Crippen molar-refractivity contribution in [2.75, 3.05) is 6.61 Å². The molecule has 4 heteroatoms. The van der Waals surface area contributed by atoms with Gasteiger partial charge in [-0.2, -0.15) is 0 Å². The minimum Gasteiger partial charge on any atom is -0.348 e. The first-order valence-electron chi connectivity index (χ1n) is 5.95. The Morgan fingerprint density at radius 3 is 2.12 bits per heavy atom. The molecule has 0 N–H and O–H groups in total. The summed E-state index contributed by atoms with van der Waals surface area (Å²) in [4.78, 5) is 0. The molecule has 0 amide bonds. The lowest BCUT2D eigenvalue weighted by molar-refractivity contribution is -0.155. The third-order valence-corrected chi connectivity index (χ3v) is 2.99. The van der Waals surface area contributed by atoms with Crippen LogP contribution in [-0.2, 0) is 18.9 Å². The minimum absolute atomic E-state index is 0.0949. The molecule has 4 nitrogen and oxygen atoms in total. The van der Waals surface area contributed by atoms with Crippen LogP contribution in [0, 0.1) is 0 Å². The highest BCUT2D eigenvalue weighted by Crippen LogP contribution is 2.33. The predicted molar refractivity (Wildman–Crippen MR) is 59.0 cm³/mol. The van der Waals surface area contributed by atoms with E-state index in [0.29, 0.717) is 6.61 Å². The van der Waals surface area contributed by atoms with Gasteiger partial charge in [-0.05, 0) is 34.6 Å². The Labute approximate surface area is 97.2 Å². The molecule has 0 aromatic rings. The summed E-state index contributed by atoms with van der Waals surface area (Å²) in [6.45, 7) is 10.4. The molecule has 0 radical (unpaired) electrons. The Morgan fingerprint density at radius 1 is 1.00 bits per heavy atom. The molecule has 2 saturated heterocycles. The van der Waals surface area contributed by atoms with E-state index in [2.05, 4.69) is 0 Å². The Morgan fingerprint density at radius 2 is 1.69 bits per heavy atom. The van der Waals surface area contributed by atoms with Gasteiger partial charge in [0.25, 0.3) is 0 Å². The third kappa shape index (κ3) is 2.74. The summed E-state index contributed by atoms with van der Waals surface area (Å²) < 4.78 is 22.8. The van der Waals surface area contributed by atoms with Crippen LogP contribution >= 0.6 is 0 Å². The van der Waals surface area contributed by atoms with Crippen molar-refractivity contribution in [1.29, 1.82) is 0 Å². The average Bonchev–Trinajstić information content (AvgIpc) is 2.53. The van der Waals surface area contributed by atoms with E-state index in [1.54, 1.807) is 0 Å². The van der Waals surface area contributed by atoms with Gasteiger partial charge in [0.05, 0.1) is 24.9 Å². The monoisotopic (exact) mass is 230 g/mol. The number of rotatable bonds is 2.